The van der Waals surface area contributed by atoms with Gasteiger partial charge < -0.3 is 5.32 Å². The SMILES string of the molecule is CN/C(=N\S(=O)(=O)c1ccc(C)cc1)N1CC(c2ccccc2)C(c2ccc(-c3nn[nH]n3)cc2)=N1. The first kappa shape index (κ1) is 23.4. The van der Waals surface area contributed by atoms with Crippen molar-refractivity contribution in [2.75, 3.05) is 13.6 Å². The third-order valence-electron chi connectivity index (χ3n) is 5.89. The van der Waals surface area contributed by atoms with Gasteiger partial charge in [0.15, 0.2) is 0 Å². The smallest absolute Gasteiger partial charge is 0.285 e. The molecule has 2 heterocycles. The van der Waals surface area contributed by atoms with Crippen molar-refractivity contribution in [1.29, 1.82) is 0 Å². The van der Waals surface area contributed by atoms with Gasteiger partial charge in [0, 0.05) is 18.5 Å². The molecule has 0 bridgehead atoms. The number of aromatic nitrogens is 4. The Morgan fingerprint density at radius 1 is 1.00 bits per heavy atom. The van der Waals surface area contributed by atoms with Crippen molar-refractivity contribution in [3.63, 3.8) is 0 Å². The summed E-state index contributed by atoms with van der Waals surface area (Å²) in [6.45, 7) is 2.33. The lowest BCUT2D eigenvalue weighted by molar-refractivity contribution is 0.460. The number of H-pyrrole nitrogens is 1. The highest BCUT2D eigenvalue weighted by atomic mass is 32.2. The summed E-state index contributed by atoms with van der Waals surface area (Å²) < 4.78 is 30.1. The number of benzene rings is 3. The van der Waals surface area contributed by atoms with Crippen LogP contribution in [0.5, 0.6) is 0 Å². The number of rotatable bonds is 5. The topological polar surface area (TPSA) is 129 Å². The quantitative estimate of drug-likeness (QED) is 0.318. The zero-order chi connectivity index (χ0) is 25.1. The Balaban J connectivity index is 1.52. The van der Waals surface area contributed by atoms with E-state index in [0.29, 0.717) is 12.4 Å². The second kappa shape index (κ2) is 9.70. The Bertz CT molecular complexity index is 1500. The first-order valence-corrected chi connectivity index (χ1v) is 12.7. The maximum atomic E-state index is 13.0. The zero-order valence-corrected chi connectivity index (χ0v) is 20.5. The maximum Gasteiger partial charge on any atom is 0.285 e. The third-order valence-corrected chi connectivity index (χ3v) is 7.17. The van der Waals surface area contributed by atoms with Gasteiger partial charge in [-0.3, -0.25) is 0 Å². The van der Waals surface area contributed by atoms with E-state index in [9.17, 15) is 8.42 Å². The Labute approximate surface area is 208 Å². The van der Waals surface area contributed by atoms with E-state index in [1.165, 1.54) is 0 Å². The van der Waals surface area contributed by atoms with E-state index in [0.717, 1.165) is 28.0 Å². The van der Waals surface area contributed by atoms with E-state index in [-0.39, 0.29) is 16.8 Å². The molecule has 0 amide bonds. The van der Waals surface area contributed by atoms with Gasteiger partial charge in [-0.15, -0.1) is 14.6 Å². The molecular weight excluding hydrogens is 476 g/mol. The number of nitrogens with one attached hydrogen (secondary N) is 2. The molecule has 2 N–H and O–H groups in total. The minimum Gasteiger partial charge on any atom is -0.357 e. The predicted octanol–water partition coefficient (Wildman–Crippen LogP) is 2.94. The lowest BCUT2D eigenvalue weighted by Crippen LogP contribution is -2.36. The molecule has 4 aromatic rings. The second-order valence-corrected chi connectivity index (χ2v) is 9.90. The molecule has 11 heteroatoms. The van der Waals surface area contributed by atoms with Crippen LogP contribution in [0.4, 0.5) is 0 Å². The molecule has 0 spiro atoms. The van der Waals surface area contributed by atoms with E-state index in [1.807, 2.05) is 61.5 Å². The normalized spacial score (nSPS) is 16.2. The number of sulfonamides is 1. The van der Waals surface area contributed by atoms with Crippen LogP contribution in [0.15, 0.2) is 93.3 Å². The zero-order valence-electron chi connectivity index (χ0n) is 19.7. The molecule has 3 aromatic carbocycles. The highest BCUT2D eigenvalue weighted by Gasteiger charge is 2.32. The van der Waals surface area contributed by atoms with Crippen molar-refractivity contribution < 1.29 is 8.42 Å². The molecule has 10 nitrogen and oxygen atoms in total. The fourth-order valence-electron chi connectivity index (χ4n) is 4.01. The summed E-state index contributed by atoms with van der Waals surface area (Å²) in [5, 5.41) is 23.4. The van der Waals surface area contributed by atoms with Crippen LogP contribution in [0, 0.1) is 6.92 Å². The first-order chi connectivity index (χ1) is 17.4. The number of hydrogen-bond acceptors (Lipinski definition) is 6. The van der Waals surface area contributed by atoms with E-state index in [4.69, 9.17) is 5.10 Å². The molecule has 1 unspecified atom stereocenters. The molecule has 0 aliphatic carbocycles. The van der Waals surface area contributed by atoms with Crippen molar-refractivity contribution in [3.8, 4) is 11.4 Å². The Morgan fingerprint density at radius 3 is 2.33 bits per heavy atom. The van der Waals surface area contributed by atoms with E-state index in [2.05, 4.69) is 30.3 Å². The highest BCUT2D eigenvalue weighted by Crippen LogP contribution is 2.30. The molecule has 0 saturated heterocycles. The number of hydrazone groups is 1. The van der Waals surface area contributed by atoms with Crippen LogP contribution in [0.1, 0.15) is 22.6 Å². The minimum absolute atomic E-state index is 0.0946. The Morgan fingerprint density at radius 2 is 1.69 bits per heavy atom. The summed E-state index contributed by atoms with van der Waals surface area (Å²) in [6.07, 6.45) is 0. The third kappa shape index (κ3) is 4.73. The van der Waals surface area contributed by atoms with Gasteiger partial charge in [-0.1, -0.05) is 72.3 Å². The molecule has 182 valence electrons. The van der Waals surface area contributed by atoms with Gasteiger partial charge in [-0.25, -0.2) is 5.01 Å². The van der Waals surface area contributed by atoms with Crippen LogP contribution in [0.3, 0.4) is 0 Å². The summed E-state index contributed by atoms with van der Waals surface area (Å²) in [5.41, 5.74) is 4.56. The summed E-state index contributed by atoms with van der Waals surface area (Å²) in [6, 6.07) is 24.3. The summed E-state index contributed by atoms with van der Waals surface area (Å²) in [5.74, 6) is 0.555. The lowest BCUT2D eigenvalue weighted by atomic mass is 9.90. The number of nitrogens with zero attached hydrogens (tertiary/aromatic N) is 6. The van der Waals surface area contributed by atoms with Gasteiger partial charge in [0.2, 0.25) is 11.8 Å². The second-order valence-electron chi connectivity index (χ2n) is 8.30. The van der Waals surface area contributed by atoms with Gasteiger partial charge >= 0.3 is 0 Å². The lowest BCUT2D eigenvalue weighted by Gasteiger charge is -2.18. The molecule has 5 rings (SSSR count). The molecule has 1 aliphatic heterocycles. The molecule has 0 saturated carbocycles. The largest absolute Gasteiger partial charge is 0.357 e. The molecule has 36 heavy (non-hydrogen) atoms. The fourth-order valence-corrected chi connectivity index (χ4v) is 5.01. The number of guanidine groups is 1. The van der Waals surface area contributed by atoms with E-state index in [1.54, 1.807) is 36.3 Å². The van der Waals surface area contributed by atoms with Gasteiger partial charge in [-0.2, -0.15) is 18.7 Å². The van der Waals surface area contributed by atoms with Crippen LogP contribution >= 0.6 is 0 Å². The number of hydrogen-bond donors (Lipinski definition) is 2. The summed E-state index contributed by atoms with van der Waals surface area (Å²) >= 11 is 0. The average Bonchev–Trinajstić information content (AvgIpc) is 3.59. The molecular formula is C25H24N8O2S. The first-order valence-electron chi connectivity index (χ1n) is 11.3. The van der Waals surface area contributed by atoms with Crippen LogP contribution in [-0.2, 0) is 10.0 Å². The van der Waals surface area contributed by atoms with Crippen molar-refractivity contribution in [2.45, 2.75) is 17.7 Å². The van der Waals surface area contributed by atoms with Crippen LogP contribution in [0.25, 0.3) is 11.4 Å². The van der Waals surface area contributed by atoms with Gasteiger partial charge in [0.25, 0.3) is 10.0 Å². The van der Waals surface area contributed by atoms with E-state index < -0.39 is 10.0 Å². The predicted molar refractivity (Wildman–Crippen MR) is 137 cm³/mol. The Hall–Kier alpha value is -4.38. The molecule has 1 aliphatic rings. The van der Waals surface area contributed by atoms with Crippen LogP contribution in [-0.4, -0.2) is 59.3 Å². The minimum atomic E-state index is -3.93. The van der Waals surface area contributed by atoms with Crippen molar-refractivity contribution in [3.05, 3.63) is 95.6 Å². The fraction of sp³-hybridized carbons (Fsp3) is 0.160. The average molecular weight is 501 g/mol. The van der Waals surface area contributed by atoms with Crippen LogP contribution < -0.4 is 5.32 Å². The number of aromatic amines is 1. The van der Waals surface area contributed by atoms with Crippen LogP contribution in [0.2, 0.25) is 0 Å². The highest BCUT2D eigenvalue weighted by molar-refractivity contribution is 7.90. The molecule has 0 radical (unpaired) electrons. The Kier molecular flexibility index (Phi) is 6.30. The molecule has 1 atom stereocenters. The monoisotopic (exact) mass is 500 g/mol. The van der Waals surface area contributed by atoms with Crippen molar-refractivity contribution >= 4 is 21.7 Å². The van der Waals surface area contributed by atoms with Gasteiger partial charge in [0.05, 0.1) is 17.2 Å². The molecule has 0 fully saturated rings. The number of aryl methyl sites for hydroxylation is 1. The van der Waals surface area contributed by atoms with Crippen molar-refractivity contribution in [2.24, 2.45) is 9.50 Å². The van der Waals surface area contributed by atoms with Gasteiger partial charge in [-0.05, 0) is 35.4 Å². The number of tetrazole rings is 1. The van der Waals surface area contributed by atoms with E-state index >= 15 is 0 Å². The maximum absolute atomic E-state index is 13.0. The standard InChI is InChI=1S/C25H24N8O2S/c1-17-8-14-21(15-9-17)36(34,35)30-25(26-2)33-16-22(18-6-4-3-5-7-18)23(29-33)19-10-12-20(13-11-19)24-27-31-32-28-24/h3-15,22H,16H2,1-2H3,(H,26,30)(H,27,28,31,32). The van der Waals surface area contributed by atoms with Crippen molar-refractivity contribution in [1.82, 2.24) is 30.9 Å². The summed E-state index contributed by atoms with van der Waals surface area (Å²) in [7, 11) is -2.30. The van der Waals surface area contributed by atoms with Gasteiger partial charge in [0.1, 0.15) is 0 Å². The molecule has 1 aromatic heterocycles. The summed E-state index contributed by atoms with van der Waals surface area (Å²) in [4.78, 5) is 0.126.